The van der Waals surface area contributed by atoms with E-state index in [0.717, 1.165) is 41.5 Å². The molecule has 2 aromatic rings. The predicted molar refractivity (Wildman–Crippen MR) is 82.0 cm³/mol. The fourth-order valence-electron chi connectivity index (χ4n) is 2.74. The van der Waals surface area contributed by atoms with Crippen LogP contribution >= 0.6 is 11.6 Å². The molecule has 2 aromatic heterocycles. The molecule has 0 fully saturated rings. The zero-order chi connectivity index (χ0) is 15.0. The summed E-state index contributed by atoms with van der Waals surface area (Å²) in [6.45, 7) is 4.95. The molecule has 0 saturated heterocycles. The highest BCUT2D eigenvalue weighted by atomic mass is 35.5. The molecule has 0 radical (unpaired) electrons. The summed E-state index contributed by atoms with van der Waals surface area (Å²) in [6.07, 6.45) is 2.65. The molecular formula is C15H17ClN4O. The third kappa shape index (κ3) is 2.65. The molecule has 5 nitrogen and oxygen atoms in total. The molecule has 0 N–H and O–H groups in total. The van der Waals surface area contributed by atoms with E-state index in [1.54, 1.807) is 7.11 Å². The molecule has 0 aliphatic carbocycles. The van der Waals surface area contributed by atoms with Gasteiger partial charge in [0, 0.05) is 42.6 Å². The third-order valence-electron chi connectivity index (χ3n) is 3.82. The minimum absolute atomic E-state index is 0.157. The molecule has 0 bridgehead atoms. The maximum atomic E-state index is 5.87. The second-order valence-electron chi connectivity index (χ2n) is 5.17. The molecule has 3 rings (SSSR count). The number of rotatable bonds is 2. The van der Waals surface area contributed by atoms with E-state index in [1.165, 1.54) is 0 Å². The summed E-state index contributed by atoms with van der Waals surface area (Å²) in [6, 6.07) is 4.05. The van der Waals surface area contributed by atoms with Crippen LogP contribution in [0.1, 0.15) is 29.9 Å². The number of ether oxygens (including phenoxy) is 1. The Morgan fingerprint density at radius 1 is 1.33 bits per heavy atom. The van der Waals surface area contributed by atoms with Crippen molar-refractivity contribution in [3.05, 3.63) is 40.6 Å². The van der Waals surface area contributed by atoms with Crippen molar-refractivity contribution in [1.29, 1.82) is 0 Å². The maximum Gasteiger partial charge on any atom is 0.222 e. The second-order valence-corrected chi connectivity index (χ2v) is 5.51. The summed E-state index contributed by atoms with van der Waals surface area (Å²) in [7, 11) is 1.67. The first-order valence-electron chi connectivity index (χ1n) is 6.89. The van der Waals surface area contributed by atoms with Crippen LogP contribution < -0.4 is 9.64 Å². The van der Waals surface area contributed by atoms with Crippen molar-refractivity contribution in [1.82, 2.24) is 15.0 Å². The molecule has 21 heavy (non-hydrogen) atoms. The third-order valence-corrected chi connectivity index (χ3v) is 4.00. The first kappa shape index (κ1) is 14.1. The lowest BCUT2D eigenvalue weighted by molar-refractivity contribution is 0.413. The fraction of sp³-hybridized carbons (Fsp3) is 0.400. The molecule has 0 amide bonds. The molecule has 1 unspecified atom stereocenters. The summed E-state index contributed by atoms with van der Waals surface area (Å²) < 4.78 is 5.34. The molecule has 0 aromatic carbocycles. The Morgan fingerprint density at radius 3 is 2.90 bits per heavy atom. The van der Waals surface area contributed by atoms with Gasteiger partial charge in [0.05, 0.1) is 18.8 Å². The van der Waals surface area contributed by atoms with Gasteiger partial charge in [-0.3, -0.25) is 0 Å². The zero-order valence-corrected chi connectivity index (χ0v) is 13.1. The van der Waals surface area contributed by atoms with Gasteiger partial charge in [0.2, 0.25) is 5.28 Å². The molecule has 6 heteroatoms. The first-order chi connectivity index (χ1) is 10.1. The van der Waals surface area contributed by atoms with Crippen LogP contribution in [0.25, 0.3) is 0 Å². The number of pyridine rings is 1. The van der Waals surface area contributed by atoms with Crippen molar-refractivity contribution in [3.8, 4) is 5.75 Å². The van der Waals surface area contributed by atoms with Gasteiger partial charge in [-0.15, -0.1) is 0 Å². The van der Waals surface area contributed by atoms with Crippen LogP contribution in [0.15, 0.2) is 18.3 Å². The van der Waals surface area contributed by atoms with Gasteiger partial charge in [0.1, 0.15) is 11.6 Å². The van der Waals surface area contributed by atoms with Crippen LogP contribution in [0.3, 0.4) is 0 Å². The molecule has 0 saturated carbocycles. The van der Waals surface area contributed by atoms with Gasteiger partial charge in [-0.1, -0.05) is 0 Å². The number of aryl methyl sites for hydroxylation is 1. The Hall–Kier alpha value is -1.88. The summed E-state index contributed by atoms with van der Waals surface area (Å²) in [4.78, 5) is 15.3. The van der Waals surface area contributed by atoms with Crippen LogP contribution in [0.4, 0.5) is 5.82 Å². The Labute approximate surface area is 129 Å². The number of methoxy groups -OCH3 is 1. The van der Waals surface area contributed by atoms with E-state index >= 15 is 0 Å². The highest BCUT2D eigenvalue weighted by molar-refractivity contribution is 6.28. The van der Waals surface area contributed by atoms with Crippen molar-refractivity contribution in [2.24, 2.45) is 0 Å². The topological polar surface area (TPSA) is 51.1 Å². The molecule has 3 heterocycles. The van der Waals surface area contributed by atoms with E-state index in [1.807, 2.05) is 25.3 Å². The molecular weight excluding hydrogens is 288 g/mol. The van der Waals surface area contributed by atoms with Gasteiger partial charge in [-0.25, -0.2) is 15.0 Å². The van der Waals surface area contributed by atoms with Crippen molar-refractivity contribution in [3.63, 3.8) is 0 Å². The highest BCUT2D eigenvalue weighted by Gasteiger charge is 2.26. The molecule has 110 valence electrons. The minimum Gasteiger partial charge on any atom is -0.497 e. The van der Waals surface area contributed by atoms with E-state index in [0.29, 0.717) is 5.28 Å². The van der Waals surface area contributed by atoms with E-state index < -0.39 is 0 Å². The quantitative estimate of drug-likeness (QED) is 0.798. The van der Waals surface area contributed by atoms with Crippen LogP contribution in [0.2, 0.25) is 5.28 Å². The summed E-state index contributed by atoms with van der Waals surface area (Å²) in [5.41, 5.74) is 3.07. The first-order valence-corrected chi connectivity index (χ1v) is 7.27. The fourth-order valence-corrected chi connectivity index (χ4v) is 2.89. The number of hydrogen-bond acceptors (Lipinski definition) is 5. The SMILES string of the molecule is COc1cc(C)nc(N2CCc3nc(Cl)ncc3C2C)c1. The van der Waals surface area contributed by atoms with Gasteiger partial charge < -0.3 is 9.64 Å². The lowest BCUT2D eigenvalue weighted by Gasteiger charge is -2.35. The average Bonchev–Trinajstić information content (AvgIpc) is 2.46. The van der Waals surface area contributed by atoms with Gasteiger partial charge in [-0.05, 0) is 25.4 Å². The number of halogens is 1. The Bertz CT molecular complexity index is 677. The van der Waals surface area contributed by atoms with Crippen LogP contribution in [0.5, 0.6) is 5.75 Å². The number of anilines is 1. The van der Waals surface area contributed by atoms with Crippen LogP contribution in [0, 0.1) is 6.92 Å². The minimum atomic E-state index is 0.157. The second kappa shape index (κ2) is 5.48. The van der Waals surface area contributed by atoms with Gasteiger partial charge in [0.15, 0.2) is 0 Å². The molecule has 1 atom stereocenters. The van der Waals surface area contributed by atoms with Gasteiger partial charge >= 0.3 is 0 Å². The summed E-state index contributed by atoms with van der Waals surface area (Å²) >= 11 is 5.87. The largest absolute Gasteiger partial charge is 0.497 e. The zero-order valence-electron chi connectivity index (χ0n) is 12.3. The summed E-state index contributed by atoms with van der Waals surface area (Å²) in [5, 5.41) is 0.310. The lowest BCUT2D eigenvalue weighted by atomic mass is 10.00. The standard InChI is InChI=1S/C15H17ClN4O/c1-9-6-11(21-3)7-14(18-9)20-5-4-13-12(10(20)2)8-17-15(16)19-13/h6-8,10H,4-5H2,1-3H3. The number of aromatic nitrogens is 3. The van der Waals surface area contributed by atoms with Gasteiger partial charge in [0.25, 0.3) is 0 Å². The molecule has 1 aliphatic rings. The molecule has 0 spiro atoms. The smallest absolute Gasteiger partial charge is 0.222 e. The van der Waals surface area contributed by atoms with Crippen molar-refractivity contribution in [2.45, 2.75) is 26.3 Å². The number of fused-ring (bicyclic) bond motifs is 1. The lowest BCUT2D eigenvalue weighted by Crippen LogP contribution is -2.35. The Kier molecular flexibility index (Phi) is 3.68. The van der Waals surface area contributed by atoms with E-state index in [9.17, 15) is 0 Å². The molecule has 1 aliphatic heterocycles. The van der Waals surface area contributed by atoms with E-state index in [2.05, 4.69) is 26.8 Å². The Morgan fingerprint density at radius 2 is 2.14 bits per heavy atom. The predicted octanol–water partition coefficient (Wildman–Crippen LogP) is 2.97. The highest BCUT2D eigenvalue weighted by Crippen LogP contribution is 2.33. The van der Waals surface area contributed by atoms with E-state index in [-0.39, 0.29) is 6.04 Å². The van der Waals surface area contributed by atoms with Gasteiger partial charge in [-0.2, -0.15) is 0 Å². The average molecular weight is 305 g/mol. The maximum absolute atomic E-state index is 5.87. The van der Waals surface area contributed by atoms with Crippen LogP contribution in [-0.4, -0.2) is 28.6 Å². The monoisotopic (exact) mass is 304 g/mol. The number of hydrogen-bond donors (Lipinski definition) is 0. The van der Waals surface area contributed by atoms with E-state index in [4.69, 9.17) is 16.3 Å². The Balaban J connectivity index is 1.98. The van der Waals surface area contributed by atoms with Crippen molar-refractivity contribution >= 4 is 17.4 Å². The summed E-state index contributed by atoms with van der Waals surface area (Å²) in [5.74, 6) is 1.74. The normalized spacial score (nSPS) is 17.5. The van der Waals surface area contributed by atoms with Crippen molar-refractivity contribution < 1.29 is 4.74 Å². The number of nitrogens with zero attached hydrogens (tertiary/aromatic N) is 4. The van der Waals surface area contributed by atoms with Crippen LogP contribution in [-0.2, 0) is 6.42 Å². The van der Waals surface area contributed by atoms with Crippen molar-refractivity contribution in [2.75, 3.05) is 18.6 Å².